The zero-order valence-corrected chi connectivity index (χ0v) is 40.4. The zero-order valence-electron chi connectivity index (χ0n) is 40.4. The number of carbonyl (C=O) groups excluding carboxylic acids is 2. The van der Waals surface area contributed by atoms with Gasteiger partial charge in [0.2, 0.25) is 0 Å². The van der Waals surface area contributed by atoms with Crippen molar-refractivity contribution >= 4 is 11.9 Å². The molecule has 0 N–H and O–H groups in total. The summed E-state index contributed by atoms with van der Waals surface area (Å²) in [6.07, 6.45) is 40.2. The lowest BCUT2D eigenvalue weighted by molar-refractivity contribution is -0.145. The SMILES string of the molecule is CCCCCC(CCCCC)CCOC(=O)CCCCCCCCC(CCCCCCC(=O)OCCC(CCCCC)CCCCC)OCCCCN1CCN(C)CC1. The zero-order chi connectivity index (χ0) is 42.9. The van der Waals surface area contributed by atoms with Gasteiger partial charge in [-0.25, -0.2) is 0 Å². The summed E-state index contributed by atoms with van der Waals surface area (Å²) in [6.45, 7) is 17.1. The molecule has 7 nitrogen and oxygen atoms in total. The fourth-order valence-corrected chi connectivity index (χ4v) is 8.83. The number of hydrogen-bond donors (Lipinski definition) is 0. The first-order valence-electron chi connectivity index (χ1n) is 26.2. The van der Waals surface area contributed by atoms with E-state index in [4.69, 9.17) is 14.2 Å². The van der Waals surface area contributed by atoms with Crippen LogP contribution in [0, 0.1) is 11.8 Å². The lowest BCUT2D eigenvalue weighted by Crippen LogP contribution is -2.44. The fourth-order valence-electron chi connectivity index (χ4n) is 8.83. The van der Waals surface area contributed by atoms with Gasteiger partial charge in [0.15, 0.2) is 0 Å². The van der Waals surface area contributed by atoms with Crippen LogP contribution in [0.1, 0.15) is 246 Å². The van der Waals surface area contributed by atoms with Gasteiger partial charge in [-0.3, -0.25) is 9.59 Å². The average Bonchev–Trinajstić information content (AvgIpc) is 3.23. The lowest BCUT2D eigenvalue weighted by Gasteiger charge is -2.32. The van der Waals surface area contributed by atoms with Gasteiger partial charge in [-0.05, 0) is 76.8 Å². The van der Waals surface area contributed by atoms with Crippen molar-refractivity contribution < 1.29 is 23.8 Å². The second kappa shape index (κ2) is 42.1. The van der Waals surface area contributed by atoms with Crippen LogP contribution < -0.4 is 0 Å². The van der Waals surface area contributed by atoms with Crippen LogP contribution in [-0.4, -0.2) is 87.4 Å². The largest absolute Gasteiger partial charge is 0.466 e. The summed E-state index contributed by atoms with van der Waals surface area (Å²) < 4.78 is 17.9. The number of rotatable bonds is 44. The Kier molecular flexibility index (Phi) is 39.9. The van der Waals surface area contributed by atoms with Crippen LogP contribution in [-0.2, 0) is 23.8 Å². The van der Waals surface area contributed by atoms with Crippen LogP contribution in [0.15, 0.2) is 0 Å². The molecule has 1 atom stereocenters. The maximum Gasteiger partial charge on any atom is 0.305 e. The van der Waals surface area contributed by atoms with Crippen LogP contribution in [0.5, 0.6) is 0 Å². The number of esters is 2. The Morgan fingerprint density at radius 2 is 0.814 bits per heavy atom. The van der Waals surface area contributed by atoms with E-state index in [9.17, 15) is 9.59 Å². The molecule has 1 aliphatic heterocycles. The van der Waals surface area contributed by atoms with Gasteiger partial charge in [-0.2, -0.15) is 0 Å². The van der Waals surface area contributed by atoms with E-state index in [1.807, 2.05) is 0 Å². The molecule has 0 radical (unpaired) electrons. The summed E-state index contributed by atoms with van der Waals surface area (Å²) in [5, 5.41) is 0. The van der Waals surface area contributed by atoms with Crippen LogP contribution in [0.25, 0.3) is 0 Å². The van der Waals surface area contributed by atoms with Crippen LogP contribution in [0.3, 0.4) is 0 Å². The number of likely N-dealkylation sites (N-methyl/N-ethyl adjacent to an activating group) is 1. The number of ether oxygens (including phenoxy) is 3. The van der Waals surface area contributed by atoms with Gasteiger partial charge < -0.3 is 24.0 Å². The summed E-state index contributed by atoms with van der Waals surface area (Å²) in [4.78, 5) is 29.9. The monoisotopic (exact) mass is 835 g/mol. The molecule has 7 heteroatoms. The first kappa shape index (κ1) is 55.8. The molecule has 1 rings (SSSR count). The van der Waals surface area contributed by atoms with Crippen molar-refractivity contribution in [1.82, 2.24) is 9.80 Å². The highest BCUT2D eigenvalue weighted by molar-refractivity contribution is 5.69. The average molecular weight is 835 g/mol. The predicted molar refractivity (Wildman–Crippen MR) is 252 cm³/mol. The molecule has 0 amide bonds. The Hall–Kier alpha value is -1.18. The van der Waals surface area contributed by atoms with Crippen LogP contribution in [0.4, 0.5) is 0 Å². The van der Waals surface area contributed by atoms with Crippen LogP contribution in [0.2, 0.25) is 0 Å². The lowest BCUT2D eigenvalue weighted by atomic mass is 9.92. The Morgan fingerprint density at radius 1 is 0.424 bits per heavy atom. The molecule has 0 aliphatic carbocycles. The van der Waals surface area contributed by atoms with Gasteiger partial charge in [0.25, 0.3) is 0 Å². The van der Waals surface area contributed by atoms with Crippen molar-refractivity contribution in [3.63, 3.8) is 0 Å². The van der Waals surface area contributed by atoms with E-state index in [-0.39, 0.29) is 11.9 Å². The van der Waals surface area contributed by atoms with Gasteiger partial charge in [0.05, 0.1) is 19.3 Å². The minimum absolute atomic E-state index is 0.00160. The first-order chi connectivity index (χ1) is 28.9. The molecule has 1 aliphatic rings. The molecule has 0 aromatic heterocycles. The third-order valence-electron chi connectivity index (χ3n) is 13.1. The molecule has 59 heavy (non-hydrogen) atoms. The van der Waals surface area contributed by atoms with Crippen molar-refractivity contribution in [3.05, 3.63) is 0 Å². The van der Waals surface area contributed by atoms with Gasteiger partial charge >= 0.3 is 11.9 Å². The normalized spacial score (nSPS) is 14.4. The van der Waals surface area contributed by atoms with Crippen LogP contribution >= 0.6 is 0 Å². The van der Waals surface area contributed by atoms with Gasteiger partial charge in [0.1, 0.15) is 0 Å². The highest BCUT2D eigenvalue weighted by Crippen LogP contribution is 2.23. The molecule has 350 valence electrons. The molecule has 1 saturated heterocycles. The Balaban J connectivity index is 2.29. The standard InChI is InChI=1S/C52H102N2O5/c1-6-10-20-30-48(31-21-11-7-2)38-46-58-51(55)36-26-17-15-14-16-24-34-50(57-45-29-28-40-54-43-41-53(5)42-44-54)35-25-18-19-27-37-52(56)59-47-39-49(32-22-12-8-3)33-23-13-9-4/h48-50H,6-47H2,1-5H3. The number of carbonyl (C=O) groups is 2. The minimum atomic E-state index is -0.00160. The molecule has 0 spiro atoms. The van der Waals surface area contributed by atoms with Gasteiger partial charge in [-0.1, -0.05) is 182 Å². The molecular weight excluding hydrogens is 733 g/mol. The first-order valence-corrected chi connectivity index (χ1v) is 26.2. The van der Waals surface area contributed by atoms with E-state index in [0.717, 1.165) is 70.8 Å². The fraction of sp³-hybridized carbons (Fsp3) is 0.962. The van der Waals surface area contributed by atoms with Crippen molar-refractivity contribution in [3.8, 4) is 0 Å². The summed E-state index contributed by atoms with van der Waals surface area (Å²) in [5.74, 6) is 1.43. The molecule has 1 heterocycles. The quantitative estimate of drug-likeness (QED) is 0.0447. The van der Waals surface area contributed by atoms with Crippen molar-refractivity contribution in [2.75, 3.05) is 59.6 Å². The summed E-state index contributed by atoms with van der Waals surface area (Å²) >= 11 is 0. The van der Waals surface area contributed by atoms with E-state index >= 15 is 0 Å². The van der Waals surface area contributed by atoms with E-state index in [2.05, 4.69) is 44.5 Å². The van der Waals surface area contributed by atoms with E-state index in [0.29, 0.717) is 44.0 Å². The van der Waals surface area contributed by atoms with Crippen molar-refractivity contribution in [2.45, 2.75) is 252 Å². The highest BCUT2D eigenvalue weighted by Gasteiger charge is 2.15. The van der Waals surface area contributed by atoms with E-state index in [1.165, 1.54) is 174 Å². The second-order valence-corrected chi connectivity index (χ2v) is 18.7. The smallest absolute Gasteiger partial charge is 0.305 e. The Morgan fingerprint density at radius 3 is 1.24 bits per heavy atom. The van der Waals surface area contributed by atoms with Crippen molar-refractivity contribution in [1.29, 1.82) is 0 Å². The molecule has 0 aromatic rings. The molecule has 1 unspecified atom stereocenters. The molecule has 1 fully saturated rings. The summed E-state index contributed by atoms with van der Waals surface area (Å²) in [5.41, 5.74) is 0. The third kappa shape index (κ3) is 36.1. The predicted octanol–water partition coefficient (Wildman–Crippen LogP) is 14.3. The van der Waals surface area contributed by atoms with E-state index in [1.54, 1.807) is 0 Å². The topological polar surface area (TPSA) is 68.3 Å². The summed E-state index contributed by atoms with van der Waals surface area (Å²) in [6, 6.07) is 0. The molecule has 0 aromatic carbocycles. The molecule has 0 bridgehead atoms. The minimum Gasteiger partial charge on any atom is -0.466 e. The third-order valence-corrected chi connectivity index (χ3v) is 13.1. The number of nitrogens with zero attached hydrogens (tertiary/aromatic N) is 2. The van der Waals surface area contributed by atoms with Gasteiger partial charge in [-0.15, -0.1) is 0 Å². The number of unbranched alkanes of at least 4 members (excludes halogenated alkanes) is 17. The van der Waals surface area contributed by atoms with Gasteiger partial charge in [0, 0.05) is 45.6 Å². The van der Waals surface area contributed by atoms with Crippen molar-refractivity contribution in [2.24, 2.45) is 11.8 Å². The number of hydrogen-bond acceptors (Lipinski definition) is 7. The Labute approximate surface area is 368 Å². The Bertz CT molecular complexity index is 890. The maximum atomic E-state index is 12.5. The second-order valence-electron chi connectivity index (χ2n) is 18.7. The van der Waals surface area contributed by atoms with E-state index < -0.39 is 0 Å². The molecular formula is C52H102N2O5. The maximum absolute atomic E-state index is 12.5. The highest BCUT2D eigenvalue weighted by atomic mass is 16.5. The summed E-state index contributed by atoms with van der Waals surface area (Å²) in [7, 11) is 2.22. The molecule has 0 saturated carbocycles. The number of piperazine rings is 1.